The number of aldehydes is 1. The summed E-state index contributed by atoms with van der Waals surface area (Å²) in [6.45, 7) is 2.41. The van der Waals surface area contributed by atoms with Gasteiger partial charge in [-0.15, -0.1) is 6.42 Å². The Labute approximate surface area is 89.1 Å². The van der Waals surface area contributed by atoms with Crippen LogP contribution in [0.25, 0.3) is 0 Å². The van der Waals surface area contributed by atoms with Crippen molar-refractivity contribution >= 4 is 6.29 Å². The number of nitrogens with one attached hydrogen (secondary N) is 1. The van der Waals surface area contributed by atoms with Crippen LogP contribution in [0.3, 0.4) is 0 Å². The molecule has 3 nitrogen and oxygen atoms in total. The lowest BCUT2D eigenvalue weighted by Gasteiger charge is -2.12. The van der Waals surface area contributed by atoms with Gasteiger partial charge < -0.3 is 5.11 Å². The molecule has 0 saturated heterocycles. The predicted octanol–water partition coefficient (Wildman–Crippen LogP) is 1.49. The molecule has 0 aliphatic rings. The highest BCUT2D eigenvalue weighted by molar-refractivity contribution is 5.79. The van der Waals surface area contributed by atoms with Crippen molar-refractivity contribution < 1.29 is 9.90 Å². The fourth-order valence-corrected chi connectivity index (χ4v) is 1.26. The molecule has 2 N–H and O–H groups in total. The van der Waals surface area contributed by atoms with Crippen LogP contribution in [0.15, 0.2) is 18.2 Å². The molecule has 3 heteroatoms. The number of carbonyl (C=O) groups is 1. The molecule has 0 saturated carbocycles. The summed E-state index contributed by atoms with van der Waals surface area (Å²) in [7, 11) is 0. The minimum absolute atomic E-state index is 0.00291. The molecule has 1 aromatic rings. The Morgan fingerprint density at radius 2 is 2.40 bits per heavy atom. The van der Waals surface area contributed by atoms with Crippen LogP contribution < -0.4 is 5.32 Å². The molecular formula is C12H13NO2. The summed E-state index contributed by atoms with van der Waals surface area (Å²) in [4.78, 5) is 10.5. The van der Waals surface area contributed by atoms with Gasteiger partial charge in [0.25, 0.3) is 0 Å². The first-order valence-corrected chi connectivity index (χ1v) is 4.64. The molecule has 1 aromatic carbocycles. The molecule has 0 spiro atoms. The lowest BCUT2D eigenvalue weighted by molar-refractivity contribution is 0.112. The highest BCUT2D eigenvalue weighted by atomic mass is 16.3. The molecule has 1 unspecified atom stereocenters. The standard InChI is InChI=1S/C12H13NO2/c1-3-6-13-9(2)10-4-5-11(8-14)12(15)7-10/h1,4-5,7-9,13,15H,6H2,2H3. The highest BCUT2D eigenvalue weighted by Crippen LogP contribution is 2.21. The average Bonchev–Trinajstić information content (AvgIpc) is 2.25. The third kappa shape index (κ3) is 2.83. The van der Waals surface area contributed by atoms with Gasteiger partial charge >= 0.3 is 0 Å². The van der Waals surface area contributed by atoms with Crippen molar-refractivity contribution in [1.29, 1.82) is 0 Å². The average molecular weight is 203 g/mol. The van der Waals surface area contributed by atoms with E-state index in [9.17, 15) is 9.90 Å². The van der Waals surface area contributed by atoms with Crippen molar-refractivity contribution in [3.05, 3.63) is 29.3 Å². The Hall–Kier alpha value is -1.79. The van der Waals surface area contributed by atoms with Crippen LogP contribution in [0.1, 0.15) is 28.9 Å². The summed E-state index contributed by atoms with van der Waals surface area (Å²) in [6, 6.07) is 4.99. The molecule has 0 heterocycles. The van der Waals surface area contributed by atoms with Crippen LogP contribution in [0.5, 0.6) is 5.75 Å². The fraction of sp³-hybridized carbons (Fsp3) is 0.250. The van der Waals surface area contributed by atoms with Crippen LogP contribution in [0, 0.1) is 12.3 Å². The molecule has 0 radical (unpaired) electrons. The van der Waals surface area contributed by atoms with E-state index in [0.29, 0.717) is 18.4 Å². The van der Waals surface area contributed by atoms with Gasteiger partial charge in [-0.05, 0) is 24.6 Å². The van der Waals surface area contributed by atoms with Crippen molar-refractivity contribution in [3.8, 4) is 18.1 Å². The largest absolute Gasteiger partial charge is 0.507 e. The van der Waals surface area contributed by atoms with Gasteiger partial charge in [0.1, 0.15) is 5.75 Å². The summed E-state index contributed by atoms with van der Waals surface area (Å²) < 4.78 is 0. The molecule has 1 atom stereocenters. The number of phenols is 1. The number of hydrogen-bond acceptors (Lipinski definition) is 3. The van der Waals surface area contributed by atoms with Crippen molar-refractivity contribution in [3.63, 3.8) is 0 Å². The zero-order valence-electron chi connectivity index (χ0n) is 8.53. The maximum absolute atomic E-state index is 10.5. The SMILES string of the molecule is C#CCNC(C)c1ccc(C=O)c(O)c1. The van der Waals surface area contributed by atoms with Crippen LogP contribution in [0.2, 0.25) is 0 Å². The number of rotatable bonds is 4. The van der Waals surface area contributed by atoms with Crippen LogP contribution in [-0.4, -0.2) is 17.9 Å². The number of terminal acetylenes is 1. The zero-order valence-corrected chi connectivity index (χ0v) is 8.53. The first kappa shape index (κ1) is 11.3. The van der Waals surface area contributed by atoms with Crippen LogP contribution in [-0.2, 0) is 0 Å². The summed E-state index contributed by atoms with van der Waals surface area (Å²) in [5, 5.41) is 12.5. The van der Waals surface area contributed by atoms with Gasteiger partial charge in [0.05, 0.1) is 12.1 Å². The number of carbonyl (C=O) groups excluding carboxylic acids is 1. The summed E-state index contributed by atoms with van der Waals surface area (Å²) in [6.07, 6.45) is 5.75. The van der Waals surface area contributed by atoms with E-state index in [1.54, 1.807) is 18.2 Å². The van der Waals surface area contributed by atoms with Gasteiger partial charge in [-0.2, -0.15) is 0 Å². The number of aromatic hydroxyl groups is 1. The summed E-state index contributed by atoms with van der Waals surface area (Å²) in [5.74, 6) is 2.47. The number of benzene rings is 1. The van der Waals surface area contributed by atoms with Gasteiger partial charge in [-0.1, -0.05) is 12.0 Å². The normalized spacial score (nSPS) is 11.7. The van der Waals surface area contributed by atoms with Crippen LogP contribution >= 0.6 is 0 Å². The first-order chi connectivity index (χ1) is 7.19. The van der Waals surface area contributed by atoms with Gasteiger partial charge in [0.15, 0.2) is 6.29 Å². The summed E-state index contributed by atoms with van der Waals surface area (Å²) >= 11 is 0. The Morgan fingerprint density at radius 1 is 1.67 bits per heavy atom. The molecule has 15 heavy (non-hydrogen) atoms. The Balaban J connectivity index is 2.83. The van der Waals surface area contributed by atoms with Crippen LogP contribution in [0.4, 0.5) is 0 Å². The second kappa shape index (κ2) is 5.18. The maximum atomic E-state index is 10.5. The molecular weight excluding hydrogens is 190 g/mol. The predicted molar refractivity (Wildman–Crippen MR) is 58.7 cm³/mol. The van der Waals surface area contributed by atoms with Crippen molar-refractivity contribution in [2.24, 2.45) is 0 Å². The number of hydrogen-bond donors (Lipinski definition) is 2. The van der Waals surface area contributed by atoms with Crippen molar-refractivity contribution in [2.45, 2.75) is 13.0 Å². The highest BCUT2D eigenvalue weighted by Gasteiger charge is 2.07. The molecule has 0 aliphatic carbocycles. The number of phenolic OH excluding ortho intramolecular Hbond substituents is 1. The minimum Gasteiger partial charge on any atom is -0.507 e. The van der Waals surface area contributed by atoms with Crippen molar-refractivity contribution in [1.82, 2.24) is 5.32 Å². The third-order valence-corrected chi connectivity index (χ3v) is 2.19. The lowest BCUT2D eigenvalue weighted by atomic mass is 10.1. The minimum atomic E-state index is -0.00291. The van der Waals surface area contributed by atoms with Gasteiger partial charge in [-0.3, -0.25) is 10.1 Å². The third-order valence-electron chi connectivity index (χ3n) is 2.19. The van der Waals surface area contributed by atoms with E-state index < -0.39 is 0 Å². The zero-order chi connectivity index (χ0) is 11.3. The summed E-state index contributed by atoms with van der Waals surface area (Å²) in [5.41, 5.74) is 1.19. The fourth-order valence-electron chi connectivity index (χ4n) is 1.26. The lowest BCUT2D eigenvalue weighted by Crippen LogP contribution is -2.18. The molecule has 1 rings (SSSR count). The topological polar surface area (TPSA) is 49.3 Å². The quantitative estimate of drug-likeness (QED) is 0.575. The van der Waals surface area contributed by atoms with Gasteiger partial charge in [0.2, 0.25) is 0 Å². The van der Waals surface area contributed by atoms with E-state index in [1.165, 1.54) is 0 Å². The van der Waals surface area contributed by atoms with E-state index in [2.05, 4.69) is 11.2 Å². The van der Waals surface area contributed by atoms with E-state index in [4.69, 9.17) is 6.42 Å². The van der Waals surface area contributed by atoms with Crippen molar-refractivity contribution in [2.75, 3.05) is 6.54 Å². The van der Waals surface area contributed by atoms with E-state index in [1.807, 2.05) is 6.92 Å². The molecule has 0 bridgehead atoms. The molecule has 0 amide bonds. The van der Waals surface area contributed by atoms with E-state index in [0.717, 1.165) is 5.56 Å². The smallest absolute Gasteiger partial charge is 0.153 e. The van der Waals surface area contributed by atoms with E-state index >= 15 is 0 Å². The first-order valence-electron chi connectivity index (χ1n) is 4.64. The van der Waals surface area contributed by atoms with E-state index in [-0.39, 0.29) is 11.8 Å². The Kier molecular flexibility index (Phi) is 3.90. The van der Waals surface area contributed by atoms with Gasteiger partial charge in [-0.25, -0.2) is 0 Å². The Bertz CT molecular complexity index is 393. The maximum Gasteiger partial charge on any atom is 0.153 e. The monoisotopic (exact) mass is 203 g/mol. The Morgan fingerprint density at radius 3 is 2.93 bits per heavy atom. The second-order valence-electron chi connectivity index (χ2n) is 3.24. The van der Waals surface area contributed by atoms with Gasteiger partial charge in [0, 0.05) is 6.04 Å². The molecule has 0 aromatic heterocycles. The molecule has 78 valence electrons. The molecule has 0 fully saturated rings. The second-order valence-corrected chi connectivity index (χ2v) is 3.24. The molecule has 0 aliphatic heterocycles.